The zero-order chi connectivity index (χ0) is 15.0. The van der Waals surface area contributed by atoms with Crippen LogP contribution in [0, 0.1) is 12.8 Å². The quantitative estimate of drug-likeness (QED) is 0.568. The van der Waals surface area contributed by atoms with Crippen LogP contribution in [0.2, 0.25) is 5.02 Å². The summed E-state index contributed by atoms with van der Waals surface area (Å²) in [6, 6.07) is 12.8. The number of halogens is 3. The summed E-state index contributed by atoms with van der Waals surface area (Å²) in [5.41, 5.74) is 3.64. The van der Waals surface area contributed by atoms with Crippen molar-refractivity contribution in [3.63, 3.8) is 0 Å². The van der Waals surface area contributed by atoms with Crippen molar-refractivity contribution in [1.29, 1.82) is 0 Å². The predicted octanol–water partition coefficient (Wildman–Crippen LogP) is 6.74. The highest BCUT2D eigenvalue weighted by Crippen LogP contribution is 2.45. The third-order valence-corrected chi connectivity index (χ3v) is 5.31. The molecule has 3 rings (SSSR count). The Kier molecular flexibility index (Phi) is 4.63. The summed E-state index contributed by atoms with van der Waals surface area (Å²) < 4.78 is 2.18. The molecular formula is C17H16Br2ClN. The first-order valence-corrected chi connectivity index (χ1v) is 8.98. The molecule has 0 saturated heterocycles. The minimum atomic E-state index is 0.331. The third kappa shape index (κ3) is 3.64. The summed E-state index contributed by atoms with van der Waals surface area (Å²) in [6.07, 6.45) is 2.56. The van der Waals surface area contributed by atoms with E-state index in [2.05, 4.69) is 68.4 Å². The Labute approximate surface area is 147 Å². The molecule has 1 fully saturated rings. The maximum atomic E-state index is 6.00. The lowest BCUT2D eigenvalue weighted by atomic mass is 10.0. The first-order chi connectivity index (χ1) is 10.0. The van der Waals surface area contributed by atoms with Crippen molar-refractivity contribution in [3.8, 4) is 0 Å². The van der Waals surface area contributed by atoms with Gasteiger partial charge < -0.3 is 5.32 Å². The van der Waals surface area contributed by atoms with E-state index < -0.39 is 0 Å². The summed E-state index contributed by atoms with van der Waals surface area (Å²) in [6.45, 7) is 2.09. The number of aryl methyl sites for hydroxylation is 1. The Morgan fingerprint density at radius 1 is 1.10 bits per heavy atom. The average Bonchev–Trinajstić information content (AvgIpc) is 3.24. The monoisotopic (exact) mass is 427 g/mol. The molecule has 1 atom stereocenters. The van der Waals surface area contributed by atoms with Gasteiger partial charge in [0.2, 0.25) is 0 Å². The van der Waals surface area contributed by atoms with E-state index in [0.717, 1.165) is 19.7 Å². The van der Waals surface area contributed by atoms with Crippen LogP contribution >= 0.6 is 43.5 Å². The Morgan fingerprint density at radius 2 is 1.67 bits per heavy atom. The third-order valence-electron chi connectivity index (χ3n) is 3.81. The second kappa shape index (κ2) is 6.31. The van der Waals surface area contributed by atoms with Gasteiger partial charge in [-0.25, -0.2) is 0 Å². The molecule has 1 N–H and O–H groups in total. The number of nitrogens with one attached hydrogen (secondary N) is 1. The molecule has 1 aliphatic rings. The van der Waals surface area contributed by atoms with Gasteiger partial charge in [-0.15, -0.1) is 0 Å². The second-order valence-corrected chi connectivity index (χ2v) is 7.76. The number of rotatable bonds is 4. The zero-order valence-electron chi connectivity index (χ0n) is 11.7. The SMILES string of the molecule is Cc1cc(Br)c(NC(c2ccc(Cl)cc2)C2CC2)c(Br)c1. The highest BCUT2D eigenvalue weighted by molar-refractivity contribution is 9.11. The standard InChI is InChI=1S/C17H16Br2ClN/c1-10-8-14(18)17(15(19)9-10)21-16(11-2-3-11)12-4-6-13(20)7-5-12/h4-9,11,16,21H,2-3H2,1H3. The van der Waals surface area contributed by atoms with Crippen molar-refractivity contribution >= 4 is 49.1 Å². The molecule has 21 heavy (non-hydrogen) atoms. The largest absolute Gasteiger partial charge is 0.376 e. The fourth-order valence-electron chi connectivity index (χ4n) is 2.57. The number of hydrogen-bond donors (Lipinski definition) is 1. The van der Waals surface area contributed by atoms with Gasteiger partial charge in [-0.05, 0) is 92.9 Å². The number of hydrogen-bond acceptors (Lipinski definition) is 1. The molecule has 0 spiro atoms. The fraction of sp³-hybridized carbons (Fsp3) is 0.294. The lowest BCUT2D eigenvalue weighted by molar-refractivity contribution is 0.678. The van der Waals surface area contributed by atoms with E-state index in [1.807, 2.05) is 12.1 Å². The molecule has 1 unspecified atom stereocenters. The van der Waals surface area contributed by atoms with Crippen LogP contribution in [0.15, 0.2) is 45.3 Å². The summed E-state index contributed by atoms with van der Waals surface area (Å²) in [5.74, 6) is 0.700. The minimum Gasteiger partial charge on any atom is -0.376 e. The summed E-state index contributed by atoms with van der Waals surface area (Å²) >= 11 is 13.3. The van der Waals surface area contributed by atoms with Gasteiger partial charge in [-0.1, -0.05) is 23.7 Å². The van der Waals surface area contributed by atoms with Crippen LogP contribution in [0.25, 0.3) is 0 Å². The van der Waals surface area contributed by atoms with Crippen molar-refractivity contribution < 1.29 is 0 Å². The molecule has 0 bridgehead atoms. The summed E-state index contributed by atoms with van der Waals surface area (Å²) in [7, 11) is 0. The molecule has 0 heterocycles. The Hall–Kier alpha value is -0.510. The highest BCUT2D eigenvalue weighted by atomic mass is 79.9. The molecule has 1 nitrogen and oxygen atoms in total. The van der Waals surface area contributed by atoms with E-state index in [4.69, 9.17) is 11.6 Å². The van der Waals surface area contributed by atoms with Gasteiger partial charge in [0, 0.05) is 14.0 Å². The smallest absolute Gasteiger partial charge is 0.0634 e. The van der Waals surface area contributed by atoms with Crippen LogP contribution in [0.1, 0.15) is 30.0 Å². The van der Waals surface area contributed by atoms with Crippen molar-refractivity contribution in [1.82, 2.24) is 0 Å². The summed E-state index contributed by atoms with van der Waals surface area (Å²) in [4.78, 5) is 0. The van der Waals surface area contributed by atoms with Crippen LogP contribution in [0.4, 0.5) is 5.69 Å². The molecule has 1 saturated carbocycles. The zero-order valence-corrected chi connectivity index (χ0v) is 15.6. The molecule has 110 valence electrons. The molecule has 0 radical (unpaired) electrons. The molecule has 0 aromatic heterocycles. The number of anilines is 1. The van der Waals surface area contributed by atoms with E-state index in [0.29, 0.717) is 12.0 Å². The minimum absolute atomic E-state index is 0.331. The van der Waals surface area contributed by atoms with Crippen molar-refractivity contribution in [2.75, 3.05) is 5.32 Å². The van der Waals surface area contributed by atoms with Gasteiger partial charge in [-0.2, -0.15) is 0 Å². The van der Waals surface area contributed by atoms with Crippen LogP contribution in [-0.4, -0.2) is 0 Å². The molecule has 1 aliphatic carbocycles. The molecule has 0 amide bonds. The maximum Gasteiger partial charge on any atom is 0.0634 e. The molecule has 2 aromatic carbocycles. The first kappa shape index (κ1) is 15.4. The predicted molar refractivity (Wildman–Crippen MR) is 97.1 cm³/mol. The lowest BCUT2D eigenvalue weighted by Crippen LogP contribution is -2.13. The lowest BCUT2D eigenvalue weighted by Gasteiger charge is -2.22. The van der Waals surface area contributed by atoms with Crippen LogP contribution in [0.3, 0.4) is 0 Å². The first-order valence-electron chi connectivity index (χ1n) is 7.02. The van der Waals surface area contributed by atoms with Crippen molar-refractivity contribution in [3.05, 3.63) is 61.5 Å². The van der Waals surface area contributed by atoms with Crippen LogP contribution in [0.5, 0.6) is 0 Å². The van der Waals surface area contributed by atoms with Crippen molar-refractivity contribution in [2.45, 2.75) is 25.8 Å². The van der Waals surface area contributed by atoms with E-state index in [1.54, 1.807) is 0 Å². The Morgan fingerprint density at radius 3 is 2.19 bits per heavy atom. The topological polar surface area (TPSA) is 12.0 Å². The molecule has 0 aliphatic heterocycles. The number of benzene rings is 2. The second-order valence-electron chi connectivity index (χ2n) is 5.61. The van der Waals surface area contributed by atoms with E-state index in [1.165, 1.54) is 24.0 Å². The molecule has 2 aromatic rings. The normalized spacial score (nSPS) is 15.8. The maximum absolute atomic E-state index is 6.00. The molecular weight excluding hydrogens is 413 g/mol. The average molecular weight is 430 g/mol. The van der Waals surface area contributed by atoms with Gasteiger partial charge in [0.15, 0.2) is 0 Å². The Balaban J connectivity index is 1.91. The van der Waals surface area contributed by atoms with Crippen LogP contribution in [-0.2, 0) is 0 Å². The highest BCUT2D eigenvalue weighted by Gasteiger charge is 2.33. The molecule has 4 heteroatoms. The summed E-state index contributed by atoms with van der Waals surface area (Å²) in [5, 5.41) is 4.49. The fourth-order valence-corrected chi connectivity index (χ4v) is 4.34. The van der Waals surface area contributed by atoms with Gasteiger partial charge in [0.05, 0.1) is 11.7 Å². The van der Waals surface area contributed by atoms with E-state index >= 15 is 0 Å². The van der Waals surface area contributed by atoms with Gasteiger partial charge >= 0.3 is 0 Å². The van der Waals surface area contributed by atoms with Gasteiger partial charge in [-0.3, -0.25) is 0 Å². The van der Waals surface area contributed by atoms with Gasteiger partial charge in [0.1, 0.15) is 0 Å². The van der Waals surface area contributed by atoms with E-state index in [9.17, 15) is 0 Å². The Bertz CT molecular complexity index is 627. The van der Waals surface area contributed by atoms with Crippen molar-refractivity contribution in [2.24, 2.45) is 5.92 Å². The van der Waals surface area contributed by atoms with E-state index in [-0.39, 0.29) is 0 Å². The van der Waals surface area contributed by atoms with Gasteiger partial charge in [0.25, 0.3) is 0 Å². The van der Waals surface area contributed by atoms with Crippen LogP contribution < -0.4 is 5.32 Å².